The number of carbonyl (C=O) groups is 1. The Morgan fingerprint density at radius 2 is 1.97 bits per heavy atom. The van der Waals surface area contributed by atoms with E-state index in [-0.39, 0.29) is 34.2 Å². The highest BCUT2D eigenvalue weighted by Gasteiger charge is 2.17. The molecular formula is C19H17N7O7S. The molecule has 0 saturated heterocycles. The lowest BCUT2D eigenvalue weighted by molar-refractivity contribution is -0.385. The number of benzene rings is 2. The Hall–Kier alpha value is -4.53. The number of methoxy groups -OCH3 is 1. The van der Waals surface area contributed by atoms with Crippen molar-refractivity contribution in [1.29, 1.82) is 0 Å². The second-order valence-corrected chi connectivity index (χ2v) is 7.54. The molecule has 0 aliphatic carbocycles. The maximum atomic E-state index is 12.1. The normalized spacial score (nSPS) is 10.9. The maximum Gasteiger partial charge on any atom is 0.274 e. The molecule has 3 aromatic rings. The van der Waals surface area contributed by atoms with Crippen molar-refractivity contribution in [2.45, 2.75) is 5.16 Å². The highest BCUT2D eigenvalue weighted by atomic mass is 32.2. The number of nitrogens with zero attached hydrogens (tertiary/aromatic N) is 6. The third-order valence-electron chi connectivity index (χ3n) is 4.40. The quantitative estimate of drug-likeness (QED) is 0.196. The van der Waals surface area contributed by atoms with E-state index < -0.39 is 15.8 Å². The summed E-state index contributed by atoms with van der Waals surface area (Å²) in [6.07, 6.45) is 1.05. The smallest absolute Gasteiger partial charge is 0.274 e. The average Bonchev–Trinajstić information content (AvgIpc) is 3.18. The van der Waals surface area contributed by atoms with Crippen LogP contribution in [0.5, 0.6) is 11.5 Å². The van der Waals surface area contributed by atoms with Gasteiger partial charge in [0.1, 0.15) is 0 Å². The van der Waals surface area contributed by atoms with Crippen molar-refractivity contribution in [3.63, 3.8) is 0 Å². The van der Waals surface area contributed by atoms with Crippen molar-refractivity contribution in [3.8, 4) is 22.9 Å². The molecule has 0 radical (unpaired) electrons. The summed E-state index contributed by atoms with van der Waals surface area (Å²) < 4.78 is 6.49. The maximum absolute atomic E-state index is 12.1. The Morgan fingerprint density at radius 3 is 2.65 bits per heavy atom. The first-order valence-corrected chi connectivity index (χ1v) is 10.3. The van der Waals surface area contributed by atoms with Crippen LogP contribution in [0.3, 0.4) is 0 Å². The molecule has 2 aromatic carbocycles. The Balaban J connectivity index is 1.64. The molecule has 1 aromatic heterocycles. The number of carbonyl (C=O) groups excluding carboxylic acids is 1. The van der Waals surface area contributed by atoms with Crippen molar-refractivity contribution in [3.05, 3.63) is 62.2 Å². The number of nitro groups is 2. The van der Waals surface area contributed by atoms with Crippen molar-refractivity contribution in [1.82, 2.24) is 20.2 Å². The minimum Gasteiger partial charge on any atom is -0.504 e. The number of hydrazone groups is 1. The lowest BCUT2D eigenvalue weighted by atomic mass is 10.2. The Labute approximate surface area is 195 Å². The molecule has 176 valence electrons. The van der Waals surface area contributed by atoms with Crippen LogP contribution in [0.1, 0.15) is 5.56 Å². The van der Waals surface area contributed by atoms with E-state index in [1.165, 1.54) is 25.3 Å². The number of nitro benzene ring substituents is 2. The van der Waals surface area contributed by atoms with E-state index in [1.54, 1.807) is 17.7 Å². The third kappa shape index (κ3) is 5.44. The fraction of sp³-hybridized carbons (Fsp3) is 0.158. The third-order valence-corrected chi connectivity index (χ3v) is 5.42. The Kier molecular flexibility index (Phi) is 7.37. The number of rotatable bonds is 9. The van der Waals surface area contributed by atoms with Crippen molar-refractivity contribution < 1.29 is 24.5 Å². The molecule has 0 saturated carbocycles. The number of aromatic hydroxyl groups is 1. The lowest BCUT2D eigenvalue weighted by Gasteiger charge is -2.06. The first kappa shape index (κ1) is 24.1. The van der Waals surface area contributed by atoms with E-state index in [0.717, 1.165) is 30.1 Å². The first-order chi connectivity index (χ1) is 16.2. The zero-order valence-corrected chi connectivity index (χ0v) is 18.6. The van der Waals surface area contributed by atoms with Gasteiger partial charge >= 0.3 is 0 Å². The van der Waals surface area contributed by atoms with Gasteiger partial charge in [-0.25, -0.2) is 5.43 Å². The van der Waals surface area contributed by atoms with E-state index in [2.05, 4.69) is 20.7 Å². The summed E-state index contributed by atoms with van der Waals surface area (Å²) in [4.78, 5) is 32.9. The summed E-state index contributed by atoms with van der Waals surface area (Å²) in [5.41, 5.74) is 2.32. The molecule has 3 rings (SSSR count). The molecule has 15 heteroatoms. The molecule has 14 nitrogen and oxygen atoms in total. The van der Waals surface area contributed by atoms with E-state index in [0.29, 0.717) is 16.5 Å². The van der Waals surface area contributed by atoms with Crippen LogP contribution in [-0.4, -0.2) is 54.7 Å². The highest BCUT2D eigenvalue weighted by Crippen LogP contribution is 2.33. The summed E-state index contributed by atoms with van der Waals surface area (Å²) in [5.74, 6) is -0.701. The number of phenolic OH excluding ortho intramolecular Hbond substituents is 1. The second-order valence-electron chi connectivity index (χ2n) is 6.60. The number of phenols is 1. The SMILES string of the molecule is COc1cc([N+](=O)[O-])cc(/C=N\NC(=O)CSc2nnc(-c3cccc([N+](=O)[O-])c3)n2C)c1O. The monoisotopic (exact) mass is 487 g/mol. The standard InChI is InChI=1S/C19H17N7O7S/c1-24-18(11-4-3-5-13(6-11)25(29)30)22-23-19(24)34-10-16(27)21-20-9-12-7-14(26(31)32)8-15(33-2)17(12)28/h3-9,28H,10H2,1-2H3,(H,21,27)/b20-9-. The van der Waals surface area contributed by atoms with Crippen molar-refractivity contribution in [2.75, 3.05) is 12.9 Å². The molecule has 0 aliphatic heterocycles. The number of thioether (sulfide) groups is 1. The molecule has 1 amide bonds. The largest absolute Gasteiger partial charge is 0.504 e. The van der Waals surface area contributed by atoms with Gasteiger partial charge in [-0.15, -0.1) is 10.2 Å². The highest BCUT2D eigenvalue weighted by molar-refractivity contribution is 7.99. The zero-order chi connectivity index (χ0) is 24.8. The van der Waals surface area contributed by atoms with Crippen LogP contribution in [0.4, 0.5) is 11.4 Å². The van der Waals surface area contributed by atoms with Crippen LogP contribution in [0.2, 0.25) is 0 Å². The van der Waals surface area contributed by atoms with Crippen molar-refractivity contribution >= 4 is 35.3 Å². The lowest BCUT2D eigenvalue weighted by Crippen LogP contribution is -2.20. The summed E-state index contributed by atoms with van der Waals surface area (Å²) >= 11 is 1.05. The molecule has 0 unspecified atom stereocenters. The van der Waals surface area contributed by atoms with Gasteiger partial charge in [0.25, 0.3) is 17.3 Å². The summed E-state index contributed by atoms with van der Waals surface area (Å²) in [6.45, 7) is 0. The molecule has 0 aliphatic rings. The predicted molar refractivity (Wildman–Crippen MR) is 121 cm³/mol. The fourth-order valence-corrected chi connectivity index (χ4v) is 3.46. The molecule has 0 fully saturated rings. The van der Waals surface area contributed by atoms with Gasteiger partial charge in [-0.05, 0) is 0 Å². The van der Waals surface area contributed by atoms with E-state index in [1.807, 2.05) is 0 Å². The number of ether oxygens (including phenoxy) is 1. The van der Waals surface area contributed by atoms with Gasteiger partial charge in [-0.1, -0.05) is 23.9 Å². The first-order valence-electron chi connectivity index (χ1n) is 9.35. The summed E-state index contributed by atoms with van der Waals surface area (Å²) in [6, 6.07) is 8.07. The van der Waals surface area contributed by atoms with Gasteiger partial charge in [0.15, 0.2) is 22.5 Å². The number of hydrogen-bond acceptors (Lipinski definition) is 11. The predicted octanol–water partition coefficient (Wildman–Crippen LogP) is 2.26. The van der Waals surface area contributed by atoms with E-state index in [4.69, 9.17) is 4.74 Å². The minimum absolute atomic E-state index is 0.0195. The minimum atomic E-state index is -0.655. The van der Waals surface area contributed by atoms with Gasteiger partial charge in [0.2, 0.25) is 0 Å². The van der Waals surface area contributed by atoms with E-state index >= 15 is 0 Å². The van der Waals surface area contributed by atoms with Crippen molar-refractivity contribution in [2.24, 2.45) is 12.1 Å². The number of hydrogen-bond donors (Lipinski definition) is 2. The van der Waals surface area contributed by atoms with Gasteiger partial charge in [0.05, 0.1) is 35.0 Å². The molecule has 0 spiro atoms. The van der Waals surface area contributed by atoms with Gasteiger partial charge in [0, 0.05) is 36.4 Å². The van der Waals surface area contributed by atoms with Gasteiger partial charge in [-0.3, -0.25) is 25.0 Å². The van der Waals surface area contributed by atoms with Crippen LogP contribution >= 0.6 is 11.8 Å². The second kappa shape index (κ2) is 10.4. The van der Waals surface area contributed by atoms with Gasteiger partial charge in [-0.2, -0.15) is 5.10 Å². The number of non-ortho nitro benzene ring substituents is 2. The van der Waals surface area contributed by atoms with E-state index in [9.17, 15) is 30.1 Å². The fourth-order valence-electron chi connectivity index (χ4n) is 2.76. The average molecular weight is 487 g/mol. The Bertz CT molecular complexity index is 1290. The topological polar surface area (TPSA) is 188 Å². The zero-order valence-electron chi connectivity index (χ0n) is 17.7. The van der Waals surface area contributed by atoms with Gasteiger partial charge < -0.3 is 14.4 Å². The van der Waals surface area contributed by atoms with Crippen LogP contribution < -0.4 is 10.2 Å². The van der Waals surface area contributed by atoms with Crippen LogP contribution in [0, 0.1) is 20.2 Å². The Morgan fingerprint density at radius 1 is 1.24 bits per heavy atom. The van der Waals surface area contributed by atoms with Crippen LogP contribution in [0.15, 0.2) is 46.7 Å². The summed E-state index contributed by atoms with van der Waals surface area (Å²) in [5, 5.41) is 44.2. The molecule has 0 atom stereocenters. The molecule has 34 heavy (non-hydrogen) atoms. The van der Waals surface area contributed by atoms with Crippen LogP contribution in [-0.2, 0) is 11.8 Å². The summed E-state index contributed by atoms with van der Waals surface area (Å²) in [7, 11) is 2.90. The molecule has 0 bridgehead atoms. The number of amides is 1. The number of nitrogens with one attached hydrogen (secondary N) is 1. The molecule has 2 N–H and O–H groups in total. The van der Waals surface area contributed by atoms with Crippen LogP contribution in [0.25, 0.3) is 11.4 Å². The molecule has 1 heterocycles. The molecular weight excluding hydrogens is 470 g/mol. The number of aromatic nitrogens is 3.